The molecule has 0 aromatic carbocycles. The van der Waals surface area contributed by atoms with Crippen LogP contribution in [0.4, 0.5) is 0 Å². The molecule has 0 unspecified atom stereocenters. The minimum absolute atomic E-state index is 0.167. The first-order valence-corrected chi connectivity index (χ1v) is 10.0. The van der Waals surface area contributed by atoms with Crippen LogP contribution >= 0.6 is 7.82 Å². The molecule has 0 fully saturated rings. The number of H-pyrrole nitrogens is 1. The third-order valence-corrected chi connectivity index (χ3v) is 3.82. The lowest BCUT2D eigenvalue weighted by Gasteiger charge is -2.05. The molecule has 0 aliphatic rings. The molecule has 0 spiro atoms. The molecule has 0 saturated heterocycles. The molecule has 1 aromatic heterocycles. The number of aryl methyl sites for hydroxylation is 1. The highest BCUT2D eigenvalue weighted by Gasteiger charge is 2.12. The van der Waals surface area contributed by atoms with E-state index in [2.05, 4.69) is 26.9 Å². The van der Waals surface area contributed by atoms with Gasteiger partial charge in [0.15, 0.2) is 0 Å². The molecule has 1 aromatic rings. The summed E-state index contributed by atoms with van der Waals surface area (Å²) in [4.78, 5) is 16.9. The lowest BCUT2D eigenvalue weighted by atomic mass is 10.1. The second kappa shape index (κ2) is 14.8. The van der Waals surface area contributed by atoms with E-state index in [1.807, 2.05) is 6.92 Å². The van der Waals surface area contributed by atoms with Crippen molar-refractivity contribution in [2.24, 2.45) is 0 Å². The van der Waals surface area contributed by atoms with E-state index in [4.69, 9.17) is 9.79 Å². The van der Waals surface area contributed by atoms with Crippen molar-refractivity contribution in [2.45, 2.75) is 78.1 Å². The molecular weight excluding hydrogens is 317 g/mol. The molecule has 0 saturated carbocycles. The predicted molar refractivity (Wildman–Crippen MR) is 91.0 cm³/mol. The third-order valence-electron chi connectivity index (χ3n) is 3.30. The standard InChI is InChI=1S/C12H27O4P.C3H5N3/c1-2-3-4-5-6-7-8-9-10-11-12-16-17(13,14)15;1-3-2-4-6-5-3/h2-12H2,1H3,(H2,13,14,15);2H,1H3,(H,4,5,6). The van der Waals surface area contributed by atoms with Crippen LogP contribution in [0.25, 0.3) is 0 Å². The molecule has 23 heavy (non-hydrogen) atoms. The van der Waals surface area contributed by atoms with Gasteiger partial charge >= 0.3 is 7.82 Å². The topological polar surface area (TPSA) is 108 Å². The second-order valence-electron chi connectivity index (χ2n) is 5.62. The Morgan fingerprint density at radius 2 is 1.57 bits per heavy atom. The SMILES string of the molecule is CCCCCCCCCCCCOP(=O)(O)O.Cc1c[nH]nn1. The van der Waals surface area contributed by atoms with E-state index in [-0.39, 0.29) is 6.61 Å². The highest BCUT2D eigenvalue weighted by atomic mass is 31.2. The molecule has 1 heterocycles. The first-order chi connectivity index (χ1) is 11.0. The van der Waals surface area contributed by atoms with E-state index in [1.54, 1.807) is 6.20 Å². The molecule has 1 rings (SSSR count). The van der Waals surface area contributed by atoms with Crippen molar-refractivity contribution in [3.05, 3.63) is 11.9 Å². The van der Waals surface area contributed by atoms with Gasteiger partial charge in [-0.3, -0.25) is 9.62 Å². The Labute approximate surface area is 139 Å². The van der Waals surface area contributed by atoms with Gasteiger partial charge in [0.1, 0.15) is 0 Å². The van der Waals surface area contributed by atoms with Crippen molar-refractivity contribution in [3.63, 3.8) is 0 Å². The summed E-state index contributed by atoms with van der Waals surface area (Å²) >= 11 is 0. The molecular formula is C15H32N3O4P. The lowest BCUT2D eigenvalue weighted by molar-refractivity contribution is 0.193. The number of rotatable bonds is 12. The Bertz CT molecular complexity index is 395. The summed E-state index contributed by atoms with van der Waals surface area (Å²) in [7, 11) is -4.24. The van der Waals surface area contributed by atoms with Crippen molar-refractivity contribution >= 4 is 7.82 Å². The molecule has 0 atom stereocenters. The van der Waals surface area contributed by atoms with E-state index in [0.717, 1.165) is 25.0 Å². The van der Waals surface area contributed by atoms with Crippen LogP contribution < -0.4 is 0 Å². The average Bonchev–Trinajstić information content (AvgIpc) is 2.95. The Morgan fingerprint density at radius 1 is 1.04 bits per heavy atom. The molecule has 8 heteroatoms. The number of aromatic nitrogens is 3. The first kappa shape index (κ1) is 22.2. The van der Waals surface area contributed by atoms with Crippen molar-refractivity contribution < 1.29 is 18.9 Å². The normalized spacial score (nSPS) is 11.1. The predicted octanol–water partition coefficient (Wildman–Crippen LogP) is 4.13. The Hall–Kier alpha value is -0.750. The molecule has 0 aliphatic carbocycles. The minimum atomic E-state index is -4.24. The summed E-state index contributed by atoms with van der Waals surface area (Å²) in [5, 5.41) is 9.63. The van der Waals surface area contributed by atoms with Gasteiger partial charge in [0.25, 0.3) is 0 Å². The van der Waals surface area contributed by atoms with E-state index in [0.29, 0.717) is 0 Å². The summed E-state index contributed by atoms with van der Waals surface area (Å²) in [6.45, 7) is 4.27. The van der Waals surface area contributed by atoms with Gasteiger partial charge in [-0.15, -0.1) is 5.10 Å². The van der Waals surface area contributed by atoms with Crippen LogP contribution in [-0.4, -0.2) is 31.8 Å². The number of unbranched alkanes of at least 4 members (excludes halogenated alkanes) is 9. The van der Waals surface area contributed by atoms with Gasteiger partial charge in [-0.05, 0) is 13.3 Å². The maximum atomic E-state index is 10.4. The number of nitrogens with one attached hydrogen (secondary N) is 1. The van der Waals surface area contributed by atoms with E-state index >= 15 is 0 Å². The number of phosphoric ester groups is 1. The fraction of sp³-hybridized carbons (Fsp3) is 0.867. The van der Waals surface area contributed by atoms with Crippen molar-refractivity contribution in [1.82, 2.24) is 15.4 Å². The van der Waals surface area contributed by atoms with Crippen LogP contribution in [0, 0.1) is 6.92 Å². The summed E-state index contributed by atoms with van der Waals surface area (Å²) in [5.74, 6) is 0. The van der Waals surface area contributed by atoms with Crippen molar-refractivity contribution in [2.75, 3.05) is 6.61 Å². The van der Waals surface area contributed by atoms with Crippen LogP contribution in [0.5, 0.6) is 0 Å². The number of phosphoric acid groups is 1. The summed E-state index contributed by atoms with van der Waals surface area (Å²) in [5.41, 5.74) is 0.926. The first-order valence-electron chi connectivity index (χ1n) is 8.49. The fourth-order valence-electron chi connectivity index (χ4n) is 2.03. The van der Waals surface area contributed by atoms with Gasteiger partial charge < -0.3 is 9.79 Å². The monoisotopic (exact) mass is 349 g/mol. The number of aromatic amines is 1. The van der Waals surface area contributed by atoms with Gasteiger partial charge in [-0.2, -0.15) is 0 Å². The second-order valence-corrected chi connectivity index (χ2v) is 6.86. The van der Waals surface area contributed by atoms with Gasteiger partial charge in [-0.1, -0.05) is 69.9 Å². The van der Waals surface area contributed by atoms with Crippen LogP contribution in [0.2, 0.25) is 0 Å². The molecule has 136 valence electrons. The third kappa shape index (κ3) is 19.2. The van der Waals surface area contributed by atoms with Crippen LogP contribution in [0.3, 0.4) is 0 Å². The maximum absolute atomic E-state index is 10.4. The molecule has 7 nitrogen and oxygen atoms in total. The number of hydrogen-bond acceptors (Lipinski definition) is 4. The molecule has 3 N–H and O–H groups in total. The summed E-state index contributed by atoms with van der Waals surface area (Å²) in [6.07, 6.45) is 13.8. The van der Waals surface area contributed by atoms with Crippen LogP contribution in [-0.2, 0) is 9.09 Å². The number of nitrogens with zero attached hydrogens (tertiary/aromatic N) is 2. The van der Waals surface area contributed by atoms with E-state index < -0.39 is 7.82 Å². The smallest absolute Gasteiger partial charge is 0.303 e. The van der Waals surface area contributed by atoms with Gasteiger partial charge in [-0.25, -0.2) is 4.57 Å². The lowest BCUT2D eigenvalue weighted by Crippen LogP contribution is -1.92. The zero-order valence-electron chi connectivity index (χ0n) is 14.4. The van der Waals surface area contributed by atoms with Crippen LogP contribution in [0.1, 0.15) is 76.8 Å². The number of hydrogen-bond donors (Lipinski definition) is 3. The zero-order valence-corrected chi connectivity index (χ0v) is 15.3. The largest absolute Gasteiger partial charge is 0.469 e. The van der Waals surface area contributed by atoms with E-state index in [1.165, 1.54) is 44.9 Å². The van der Waals surface area contributed by atoms with Crippen molar-refractivity contribution in [1.29, 1.82) is 0 Å². The van der Waals surface area contributed by atoms with Crippen LogP contribution in [0.15, 0.2) is 6.20 Å². The highest BCUT2D eigenvalue weighted by Crippen LogP contribution is 2.35. The Kier molecular flexibility index (Phi) is 14.3. The van der Waals surface area contributed by atoms with Gasteiger partial charge in [0.2, 0.25) is 0 Å². The Morgan fingerprint density at radius 3 is 1.91 bits per heavy atom. The van der Waals surface area contributed by atoms with Gasteiger partial charge in [0.05, 0.1) is 12.3 Å². The quantitative estimate of drug-likeness (QED) is 0.387. The van der Waals surface area contributed by atoms with E-state index in [9.17, 15) is 4.57 Å². The zero-order chi connectivity index (χ0) is 17.4. The highest BCUT2D eigenvalue weighted by molar-refractivity contribution is 7.46. The minimum Gasteiger partial charge on any atom is -0.303 e. The average molecular weight is 349 g/mol. The maximum Gasteiger partial charge on any atom is 0.469 e. The summed E-state index contributed by atoms with van der Waals surface area (Å²) in [6, 6.07) is 0. The van der Waals surface area contributed by atoms with Gasteiger partial charge in [0, 0.05) is 6.20 Å². The van der Waals surface area contributed by atoms with Crippen molar-refractivity contribution in [3.8, 4) is 0 Å². The Balaban J connectivity index is 0.000000664. The molecule has 0 amide bonds. The summed E-state index contributed by atoms with van der Waals surface area (Å²) < 4.78 is 14.7. The molecule has 0 radical (unpaired) electrons. The molecule has 0 aliphatic heterocycles. The molecule has 0 bridgehead atoms. The fourth-order valence-corrected chi connectivity index (χ4v) is 2.40.